The Morgan fingerprint density at radius 1 is 1.11 bits per heavy atom. The lowest BCUT2D eigenvalue weighted by Gasteiger charge is -2.56. The van der Waals surface area contributed by atoms with Gasteiger partial charge in [0.15, 0.2) is 5.78 Å². The van der Waals surface area contributed by atoms with Gasteiger partial charge in [0.25, 0.3) is 0 Å². The average molecular weight is 495 g/mol. The molecule has 6 rings (SSSR count). The largest absolute Gasteiger partial charge is 0.320 e. The van der Waals surface area contributed by atoms with Crippen LogP contribution >= 0.6 is 0 Å². The molecule has 196 valence electrons. The van der Waals surface area contributed by atoms with Crippen molar-refractivity contribution in [3.05, 3.63) is 30.1 Å². The zero-order valence-corrected chi connectivity index (χ0v) is 21.9. The fraction of sp³-hybridized carbons (Fsp3) is 0.724. The molecule has 0 unspecified atom stereocenters. The molecule has 4 aliphatic carbocycles. The number of ketones is 1. The maximum absolute atomic E-state index is 13.9. The molecule has 3 atom stereocenters. The minimum atomic E-state index is -0.732. The topological polar surface area (TPSA) is 96.6 Å². The summed E-state index contributed by atoms with van der Waals surface area (Å²) in [5.41, 5.74) is 7.00. The van der Waals surface area contributed by atoms with Gasteiger partial charge in [0.1, 0.15) is 0 Å². The van der Waals surface area contributed by atoms with Crippen LogP contribution in [0.4, 0.5) is 0 Å². The third-order valence-electron chi connectivity index (χ3n) is 9.79. The van der Waals surface area contributed by atoms with Crippen LogP contribution in [0.1, 0.15) is 77.2 Å². The zero-order valence-electron chi connectivity index (χ0n) is 21.9. The number of nitrogens with zero attached hydrogens (tertiary/aromatic N) is 3. The SMILES string of the molecule is CC[C@H](C)[C@H](N)C(=O)N(Cc1ccncc1)C(=O)[C@@H]1CCCN1CC(=O)C12CC3CC(CC(C3)C1)C2. The van der Waals surface area contributed by atoms with Crippen molar-refractivity contribution in [2.45, 2.75) is 90.3 Å². The van der Waals surface area contributed by atoms with Crippen molar-refractivity contribution in [1.29, 1.82) is 0 Å². The van der Waals surface area contributed by atoms with Gasteiger partial charge in [-0.3, -0.25) is 29.2 Å². The number of carbonyl (C=O) groups excluding carboxylic acids is 3. The van der Waals surface area contributed by atoms with E-state index in [9.17, 15) is 14.4 Å². The highest BCUT2D eigenvalue weighted by Gasteiger charge is 2.54. The molecule has 1 aliphatic heterocycles. The molecule has 2 N–H and O–H groups in total. The molecule has 0 radical (unpaired) electrons. The summed E-state index contributed by atoms with van der Waals surface area (Å²) in [6, 6.07) is 2.47. The smallest absolute Gasteiger partial charge is 0.246 e. The van der Waals surface area contributed by atoms with Crippen LogP contribution in [0.15, 0.2) is 24.5 Å². The molecule has 36 heavy (non-hydrogen) atoms. The van der Waals surface area contributed by atoms with Gasteiger partial charge in [-0.1, -0.05) is 20.3 Å². The lowest BCUT2D eigenvalue weighted by molar-refractivity contribution is -0.151. The molecule has 2 heterocycles. The van der Waals surface area contributed by atoms with Gasteiger partial charge in [0, 0.05) is 17.8 Å². The summed E-state index contributed by atoms with van der Waals surface area (Å²) >= 11 is 0. The summed E-state index contributed by atoms with van der Waals surface area (Å²) < 4.78 is 0. The monoisotopic (exact) mass is 494 g/mol. The van der Waals surface area contributed by atoms with E-state index in [0.717, 1.165) is 44.2 Å². The second kappa shape index (κ2) is 10.3. The van der Waals surface area contributed by atoms with E-state index >= 15 is 0 Å². The molecule has 1 aromatic heterocycles. The number of amides is 2. The van der Waals surface area contributed by atoms with Crippen LogP contribution in [0.25, 0.3) is 0 Å². The van der Waals surface area contributed by atoms with Crippen molar-refractivity contribution in [2.24, 2.45) is 34.8 Å². The highest BCUT2D eigenvalue weighted by atomic mass is 16.2. The molecule has 7 nitrogen and oxygen atoms in total. The van der Waals surface area contributed by atoms with Crippen LogP contribution in [-0.2, 0) is 20.9 Å². The Labute approximate surface area is 215 Å². The highest BCUT2D eigenvalue weighted by molar-refractivity contribution is 6.00. The molecule has 5 aliphatic rings. The van der Waals surface area contributed by atoms with E-state index < -0.39 is 12.1 Å². The van der Waals surface area contributed by atoms with Crippen molar-refractivity contribution in [1.82, 2.24) is 14.8 Å². The van der Waals surface area contributed by atoms with E-state index in [1.807, 2.05) is 26.0 Å². The van der Waals surface area contributed by atoms with E-state index in [1.165, 1.54) is 24.2 Å². The van der Waals surface area contributed by atoms with Crippen molar-refractivity contribution in [3.63, 3.8) is 0 Å². The Morgan fingerprint density at radius 3 is 2.31 bits per heavy atom. The molecule has 5 fully saturated rings. The average Bonchev–Trinajstić information content (AvgIpc) is 3.33. The number of aromatic nitrogens is 1. The fourth-order valence-corrected chi connectivity index (χ4v) is 7.89. The van der Waals surface area contributed by atoms with Crippen LogP contribution in [0.3, 0.4) is 0 Å². The summed E-state index contributed by atoms with van der Waals surface area (Å²) in [7, 11) is 0. The summed E-state index contributed by atoms with van der Waals surface area (Å²) in [4.78, 5) is 48.7. The molecule has 2 amide bonds. The summed E-state index contributed by atoms with van der Waals surface area (Å²) in [6.07, 6.45) is 12.7. The zero-order chi connectivity index (χ0) is 25.4. The normalized spacial score (nSPS) is 32.9. The maximum atomic E-state index is 13.9. The Kier molecular flexibility index (Phi) is 7.32. The molecule has 4 bridgehead atoms. The molecule has 7 heteroatoms. The second-order valence-electron chi connectivity index (χ2n) is 12.3. The van der Waals surface area contributed by atoms with Crippen LogP contribution in [0, 0.1) is 29.1 Å². The third-order valence-corrected chi connectivity index (χ3v) is 9.79. The minimum absolute atomic E-state index is 0.0254. The van der Waals surface area contributed by atoms with Gasteiger partial charge in [-0.25, -0.2) is 0 Å². The van der Waals surface area contributed by atoms with E-state index in [2.05, 4.69) is 9.88 Å². The number of carbonyl (C=O) groups is 3. The van der Waals surface area contributed by atoms with Crippen molar-refractivity contribution in [2.75, 3.05) is 13.1 Å². The molecule has 0 spiro atoms. The third kappa shape index (κ3) is 4.89. The van der Waals surface area contributed by atoms with Crippen molar-refractivity contribution in [3.8, 4) is 0 Å². The van der Waals surface area contributed by atoms with Crippen molar-refractivity contribution < 1.29 is 14.4 Å². The summed E-state index contributed by atoms with van der Waals surface area (Å²) in [5, 5.41) is 0. The van der Waals surface area contributed by atoms with Crippen LogP contribution in [0.5, 0.6) is 0 Å². The predicted molar refractivity (Wildman–Crippen MR) is 137 cm³/mol. The van der Waals surface area contributed by atoms with Gasteiger partial charge < -0.3 is 5.73 Å². The predicted octanol–water partition coefficient (Wildman–Crippen LogP) is 3.56. The van der Waals surface area contributed by atoms with Gasteiger partial charge in [0.05, 0.1) is 25.2 Å². The first-order chi connectivity index (χ1) is 17.3. The first kappa shape index (κ1) is 25.5. The number of hydrogen-bond acceptors (Lipinski definition) is 6. The number of hydrogen-bond donors (Lipinski definition) is 1. The number of nitrogens with two attached hydrogens (primary N) is 1. The first-order valence-corrected chi connectivity index (χ1v) is 14.1. The number of pyridine rings is 1. The molecule has 0 aromatic carbocycles. The van der Waals surface area contributed by atoms with E-state index in [0.29, 0.717) is 36.5 Å². The number of imide groups is 1. The fourth-order valence-electron chi connectivity index (χ4n) is 7.89. The van der Waals surface area contributed by atoms with Gasteiger partial charge in [0.2, 0.25) is 11.8 Å². The highest BCUT2D eigenvalue weighted by Crippen LogP contribution is 2.60. The lowest BCUT2D eigenvalue weighted by atomic mass is 9.48. The lowest BCUT2D eigenvalue weighted by Crippen LogP contribution is -2.56. The molecular weight excluding hydrogens is 452 g/mol. The van der Waals surface area contributed by atoms with Gasteiger partial charge in [-0.2, -0.15) is 0 Å². The second-order valence-corrected chi connectivity index (χ2v) is 12.3. The quantitative estimate of drug-likeness (QED) is 0.564. The number of rotatable bonds is 9. The maximum Gasteiger partial charge on any atom is 0.246 e. The van der Waals surface area contributed by atoms with Gasteiger partial charge in [-0.05, 0) is 99.3 Å². The Balaban J connectivity index is 1.32. The number of likely N-dealkylation sites (tertiary alicyclic amines) is 1. The van der Waals surface area contributed by atoms with Crippen LogP contribution in [-0.4, -0.2) is 57.6 Å². The van der Waals surface area contributed by atoms with E-state index in [4.69, 9.17) is 5.73 Å². The first-order valence-electron chi connectivity index (χ1n) is 14.1. The van der Waals surface area contributed by atoms with E-state index in [-0.39, 0.29) is 29.7 Å². The summed E-state index contributed by atoms with van der Waals surface area (Å²) in [6.45, 7) is 5.18. The molecular formula is C29H42N4O3. The van der Waals surface area contributed by atoms with Gasteiger partial charge in [-0.15, -0.1) is 0 Å². The van der Waals surface area contributed by atoms with Crippen LogP contribution < -0.4 is 5.73 Å². The van der Waals surface area contributed by atoms with E-state index in [1.54, 1.807) is 12.4 Å². The Morgan fingerprint density at radius 2 is 1.72 bits per heavy atom. The Hall–Kier alpha value is -2.12. The standard InChI is InChI=1S/C29H42N4O3/c1-3-19(2)26(30)28(36)33(17-20-6-8-31-9-7-20)27(35)24-5-4-10-32(24)18-25(34)29-14-21-11-22(15-29)13-23(12-21)16-29/h6-9,19,21-24,26H,3-5,10-18,30H2,1-2H3/t19-,21?,22?,23?,24-,26-,29?/m0/s1. The molecule has 1 saturated heterocycles. The molecule has 4 saturated carbocycles. The van der Waals surface area contributed by atoms with Crippen LogP contribution in [0.2, 0.25) is 0 Å². The Bertz CT molecular complexity index is 945. The molecule has 1 aromatic rings. The van der Waals surface area contributed by atoms with Gasteiger partial charge >= 0.3 is 0 Å². The van der Waals surface area contributed by atoms with Crippen molar-refractivity contribution >= 4 is 17.6 Å². The summed E-state index contributed by atoms with van der Waals surface area (Å²) in [5.74, 6) is 1.91. The number of Topliss-reactive ketones (excluding diaryl/α,β-unsaturated/α-hetero) is 1. The minimum Gasteiger partial charge on any atom is -0.320 e.